The molecule has 0 amide bonds. The maximum atomic E-state index is 8.56. The molecular weight excluding hydrogens is 220 g/mol. The quantitative estimate of drug-likeness (QED) is 0.739. The maximum Gasteiger partial charge on any atom is 0.133 e. The third kappa shape index (κ3) is 2.15. The van der Waals surface area contributed by atoms with Crippen LogP contribution in [-0.2, 0) is 6.42 Å². The molecule has 2 aromatic rings. The first kappa shape index (κ1) is 10.9. The van der Waals surface area contributed by atoms with Gasteiger partial charge in [0.15, 0.2) is 0 Å². The molecule has 0 saturated heterocycles. The molecule has 0 radical (unpaired) electrons. The van der Waals surface area contributed by atoms with Crippen LogP contribution in [0.3, 0.4) is 0 Å². The van der Waals surface area contributed by atoms with Gasteiger partial charge in [-0.05, 0) is 37.1 Å². The largest absolute Gasteiger partial charge is 0.236 e. The van der Waals surface area contributed by atoms with Crippen molar-refractivity contribution < 1.29 is 0 Å². The van der Waals surface area contributed by atoms with Gasteiger partial charge >= 0.3 is 0 Å². The van der Waals surface area contributed by atoms with Crippen LogP contribution in [0.4, 0.5) is 0 Å². The minimum atomic E-state index is 0.471. The van der Waals surface area contributed by atoms with Crippen LogP contribution in [0.5, 0.6) is 0 Å². The van der Waals surface area contributed by atoms with Crippen molar-refractivity contribution in [1.82, 2.24) is 4.98 Å². The Bertz CT molecular complexity index is 570. The van der Waals surface area contributed by atoms with E-state index in [9.17, 15) is 0 Å². The average molecular weight is 231 g/mol. The van der Waals surface area contributed by atoms with Gasteiger partial charge in [-0.3, -0.25) is 0 Å². The maximum absolute atomic E-state index is 8.56. The molecule has 0 spiro atoms. The number of fused-ring (bicyclic) bond motifs is 1. The first-order chi connectivity index (χ1) is 7.70. The molecule has 0 atom stereocenters. The number of hydrogen-bond donors (Lipinski definition) is 0. The number of halogens is 1. The smallest absolute Gasteiger partial charge is 0.133 e. The number of aromatic nitrogens is 1. The lowest BCUT2D eigenvalue weighted by molar-refractivity contribution is 1.00. The van der Waals surface area contributed by atoms with E-state index in [0.717, 1.165) is 16.5 Å². The van der Waals surface area contributed by atoms with E-state index in [1.165, 1.54) is 5.56 Å². The van der Waals surface area contributed by atoms with Crippen molar-refractivity contribution in [2.24, 2.45) is 0 Å². The van der Waals surface area contributed by atoms with E-state index >= 15 is 0 Å². The standard InChI is InChI=1S/C13H11ClN2/c1-9-4-5-12-11(7-9)8-10(3-2-6-15)13(14)16-12/h4-5,7-8H,2-3H2,1H3. The van der Waals surface area contributed by atoms with Gasteiger partial charge in [-0.25, -0.2) is 4.98 Å². The van der Waals surface area contributed by atoms with E-state index < -0.39 is 0 Å². The number of pyridine rings is 1. The summed E-state index contributed by atoms with van der Waals surface area (Å²) in [5, 5.41) is 10.1. The predicted molar refractivity (Wildman–Crippen MR) is 65.4 cm³/mol. The van der Waals surface area contributed by atoms with Gasteiger partial charge in [0.2, 0.25) is 0 Å². The second-order valence-corrected chi connectivity index (χ2v) is 4.15. The molecule has 0 aliphatic carbocycles. The van der Waals surface area contributed by atoms with E-state index in [-0.39, 0.29) is 0 Å². The van der Waals surface area contributed by atoms with Crippen molar-refractivity contribution >= 4 is 22.5 Å². The fourth-order valence-corrected chi connectivity index (χ4v) is 1.92. The third-order valence-electron chi connectivity index (χ3n) is 2.50. The van der Waals surface area contributed by atoms with Gasteiger partial charge in [-0.2, -0.15) is 5.26 Å². The van der Waals surface area contributed by atoms with Gasteiger partial charge in [0.25, 0.3) is 0 Å². The Morgan fingerprint density at radius 3 is 2.94 bits per heavy atom. The zero-order valence-corrected chi connectivity index (χ0v) is 9.75. The van der Waals surface area contributed by atoms with Crippen molar-refractivity contribution in [3.05, 3.63) is 40.5 Å². The summed E-state index contributed by atoms with van der Waals surface area (Å²) in [7, 11) is 0. The first-order valence-corrected chi connectivity index (χ1v) is 5.51. The summed E-state index contributed by atoms with van der Waals surface area (Å²) < 4.78 is 0. The lowest BCUT2D eigenvalue weighted by Crippen LogP contribution is -1.90. The fourth-order valence-electron chi connectivity index (χ4n) is 1.68. The molecule has 0 fully saturated rings. The number of rotatable bonds is 2. The molecule has 2 nitrogen and oxygen atoms in total. The van der Waals surface area contributed by atoms with Crippen molar-refractivity contribution in [2.45, 2.75) is 19.8 Å². The number of nitrogens with zero attached hydrogens (tertiary/aromatic N) is 2. The van der Waals surface area contributed by atoms with Crippen LogP contribution in [0.25, 0.3) is 10.9 Å². The van der Waals surface area contributed by atoms with E-state index in [1.807, 2.05) is 25.1 Å². The van der Waals surface area contributed by atoms with Crippen molar-refractivity contribution in [2.75, 3.05) is 0 Å². The molecule has 16 heavy (non-hydrogen) atoms. The van der Waals surface area contributed by atoms with Gasteiger partial charge < -0.3 is 0 Å². The highest BCUT2D eigenvalue weighted by Crippen LogP contribution is 2.22. The van der Waals surface area contributed by atoms with Gasteiger partial charge in [-0.15, -0.1) is 0 Å². The number of benzene rings is 1. The van der Waals surface area contributed by atoms with E-state index in [4.69, 9.17) is 16.9 Å². The zero-order valence-electron chi connectivity index (χ0n) is 9.00. The van der Waals surface area contributed by atoms with E-state index in [2.05, 4.69) is 17.1 Å². The Hall–Kier alpha value is -1.59. The summed E-state index contributed by atoms with van der Waals surface area (Å²) in [5.41, 5.74) is 3.04. The van der Waals surface area contributed by atoms with Crippen molar-refractivity contribution in [3.8, 4) is 6.07 Å². The molecule has 0 aliphatic rings. The van der Waals surface area contributed by atoms with Crippen LogP contribution in [0.15, 0.2) is 24.3 Å². The Morgan fingerprint density at radius 2 is 2.19 bits per heavy atom. The highest BCUT2D eigenvalue weighted by Gasteiger charge is 2.04. The van der Waals surface area contributed by atoms with Crippen LogP contribution in [0.2, 0.25) is 5.15 Å². The topological polar surface area (TPSA) is 36.7 Å². The van der Waals surface area contributed by atoms with Crippen LogP contribution < -0.4 is 0 Å². The Morgan fingerprint density at radius 1 is 1.38 bits per heavy atom. The molecule has 0 aliphatic heterocycles. The molecule has 3 heteroatoms. The number of nitriles is 1. The molecule has 1 heterocycles. The van der Waals surface area contributed by atoms with E-state index in [0.29, 0.717) is 18.0 Å². The minimum Gasteiger partial charge on any atom is -0.236 e. The molecule has 0 saturated carbocycles. The third-order valence-corrected chi connectivity index (χ3v) is 2.83. The monoisotopic (exact) mass is 230 g/mol. The van der Waals surface area contributed by atoms with Crippen LogP contribution in [0, 0.1) is 18.3 Å². The Balaban J connectivity index is 2.51. The van der Waals surface area contributed by atoms with Gasteiger partial charge in [-0.1, -0.05) is 23.2 Å². The van der Waals surface area contributed by atoms with Crippen LogP contribution in [0.1, 0.15) is 17.5 Å². The zero-order chi connectivity index (χ0) is 11.5. The highest BCUT2D eigenvalue weighted by atomic mass is 35.5. The number of aryl methyl sites for hydroxylation is 2. The average Bonchev–Trinajstić information content (AvgIpc) is 2.27. The first-order valence-electron chi connectivity index (χ1n) is 5.13. The summed E-state index contributed by atoms with van der Waals surface area (Å²) in [6.45, 7) is 2.04. The predicted octanol–water partition coefficient (Wildman–Crippen LogP) is 3.65. The summed E-state index contributed by atoms with van der Waals surface area (Å²) in [6, 6.07) is 10.2. The lowest BCUT2D eigenvalue weighted by Gasteiger charge is -2.04. The van der Waals surface area contributed by atoms with Crippen molar-refractivity contribution in [1.29, 1.82) is 5.26 Å². The van der Waals surface area contributed by atoms with Crippen LogP contribution >= 0.6 is 11.6 Å². The van der Waals surface area contributed by atoms with E-state index in [1.54, 1.807) is 0 Å². The summed E-state index contributed by atoms with van der Waals surface area (Å²) in [4.78, 5) is 4.33. The summed E-state index contributed by atoms with van der Waals surface area (Å²) >= 11 is 6.06. The molecule has 1 aromatic carbocycles. The van der Waals surface area contributed by atoms with Gasteiger partial charge in [0, 0.05) is 11.8 Å². The second kappa shape index (κ2) is 4.51. The normalized spacial score (nSPS) is 10.3. The summed E-state index contributed by atoms with van der Waals surface area (Å²) in [5.74, 6) is 0. The molecule has 0 unspecified atom stereocenters. The second-order valence-electron chi connectivity index (χ2n) is 3.79. The SMILES string of the molecule is Cc1ccc2nc(Cl)c(CCC#N)cc2c1. The molecule has 0 bridgehead atoms. The Labute approximate surface area is 99.5 Å². The number of hydrogen-bond acceptors (Lipinski definition) is 2. The summed E-state index contributed by atoms with van der Waals surface area (Å²) in [6.07, 6.45) is 1.13. The van der Waals surface area contributed by atoms with Crippen molar-refractivity contribution in [3.63, 3.8) is 0 Å². The minimum absolute atomic E-state index is 0.471. The molecule has 1 aromatic heterocycles. The lowest BCUT2D eigenvalue weighted by atomic mass is 10.1. The molecule has 0 N–H and O–H groups in total. The molecule has 80 valence electrons. The molecular formula is C13H11ClN2. The fraction of sp³-hybridized carbons (Fsp3) is 0.231. The Kier molecular flexibility index (Phi) is 3.07. The highest BCUT2D eigenvalue weighted by molar-refractivity contribution is 6.30. The molecule has 2 rings (SSSR count). The van der Waals surface area contributed by atoms with Gasteiger partial charge in [0.05, 0.1) is 11.6 Å². The van der Waals surface area contributed by atoms with Gasteiger partial charge in [0.1, 0.15) is 5.15 Å². The van der Waals surface area contributed by atoms with Crippen LogP contribution in [-0.4, -0.2) is 4.98 Å².